The van der Waals surface area contributed by atoms with Gasteiger partial charge in [-0.3, -0.25) is 10.3 Å². The number of nitrogens with zero attached hydrogens (tertiary/aromatic N) is 2. The van der Waals surface area contributed by atoms with Crippen LogP contribution in [-0.2, 0) is 4.74 Å². The number of hydrazone groups is 1. The number of hydrogen-bond donors (Lipinski definition) is 2. The maximum atomic E-state index is 5.33. The molecule has 1 aliphatic rings. The summed E-state index contributed by atoms with van der Waals surface area (Å²) in [4.78, 5) is 2.40. The molecule has 2 N–H and O–H groups in total. The second kappa shape index (κ2) is 10.1. The molecule has 1 aromatic carbocycles. The van der Waals surface area contributed by atoms with E-state index in [-0.39, 0.29) is 0 Å². The average Bonchev–Trinajstić information content (AvgIpc) is 2.60. The van der Waals surface area contributed by atoms with Gasteiger partial charge in [-0.1, -0.05) is 12.1 Å². The van der Waals surface area contributed by atoms with Gasteiger partial charge in [-0.05, 0) is 37.3 Å². The smallest absolute Gasteiger partial charge is 0.186 e. The second-order valence-corrected chi connectivity index (χ2v) is 5.58. The van der Waals surface area contributed by atoms with E-state index in [0.29, 0.717) is 5.11 Å². The van der Waals surface area contributed by atoms with E-state index >= 15 is 0 Å². The van der Waals surface area contributed by atoms with E-state index in [1.165, 1.54) is 0 Å². The number of benzene rings is 1. The summed E-state index contributed by atoms with van der Waals surface area (Å²) in [5.74, 6) is 0.780. The quantitative estimate of drug-likeness (QED) is 0.338. The zero-order valence-corrected chi connectivity index (χ0v) is 14.3. The van der Waals surface area contributed by atoms with Gasteiger partial charge in [0.2, 0.25) is 0 Å². The maximum absolute atomic E-state index is 5.33. The minimum atomic E-state index is 0.526. The first-order valence-electron chi connectivity index (χ1n) is 7.79. The first kappa shape index (κ1) is 17.7. The molecule has 0 aliphatic carbocycles. The highest BCUT2D eigenvalue weighted by Crippen LogP contribution is 2.14. The standard InChI is InChI=1S/C16H24N4O2S/c1-21-15-6-3-2-5-14(15)13-18-19-16(23)17-7-4-8-20-9-11-22-12-10-20/h2-3,5-6,13H,4,7-12H2,1H3,(H2,17,19,23)/b18-13-. The van der Waals surface area contributed by atoms with Crippen LogP contribution in [0.15, 0.2) is 29.4 Å². The van der Waals surface area contributed by atoms with E-state index in [4.69, 9.17) is 21.7 Å². The number of para-hydroxylation sites is 1. The molecular formula is C16H24N4O2S. The Morgan fingerprint density at radius 1 is 1.39 bits per heavy atom. The normalized spacial score (nSPS) is 15.5. The summed E-state index contributed by atoms with van der Waals surface area (Å²) in [5.41, 5.74) is 3.72. The van der Waals surface area contributed by atoms with Crippen molar-refractivity contribution in [3.63, 3.8) is 0 Å². The van der Waals surface area contributed by atoms with Gasteiger partial charge in [0.15, 0.2) is 5.11 Å². The van der Waals surface area contributed by atoms with Crippen LogP contribution in [0.1, 0.15) is 12.0 Å². The molecule has 1 fully saturated rings. The lowest BCUT2D eigenvalue weighted by molar-refractivity contribution is 0.0376. The molecule has 0 aromatic heterocycles. The molecule has 1 saturated heterocycles. The lowest BCUT2D eigenvalue weighted by Gasteiger charge is -2.26. The number of ether oxygens (including phenoxy) is 2. The van der Waals surface area contributed by atoms with Crippen molar-refractivity contribution in [1.82, 2.24) is 15.6 Å². The van der Waals surface area contributed by atoms with Crippen LogP contribution in [-0.4, -0.2) is 62.7 Å². The number of nitrogens with one attached hydrogen (secondary N) is 2. The Morgan fingerprint density at radius 2 is 2.17 bits per heavy atom. The topological polar surface area (TPSA) is 58.1 Å². The van der Waals surface area contributed by atoms with Gasteiger partial charge in [0, 0.05) is 25.2 Å². The van der Waals surface area contributed by atoms with Crippen molar-refractivity contribution in [2.24, 2.45) is 5.10 Å². The molecule has 0 bridgehead atoms. The number of methoxy groups -OCH3 is 1. The number of thiocarbonyl (C=S) groups is 1. The molecule has 1 heterocycles. The predicted molar refractivity (Wildman–Crippen MR) is 96.2 cm³/mol. The Kier molecular flexibility index (Phi) is 7.79. The van der Waals surface area contributed by atoms with Crippen molar-refractivity contribution >= 4 is 23.5 Å². The summed E-state index contributed by atoms with van der Waals surface area (Å²) < 4.78 is 10.6. The largest absolute Gasteiger partial charge is 0.496 e. The van der Waals surface area contributed by atoms with Crippen LogP contribution in [0.2, 0.25) is 0 Å². The van der Waals surface area contributed by atoms with Gasteiger partial charge in [-0.15, -0.1) is 0 Å². The van der Waals surface area contributed by atoms with Gasteiger partial charge >= 0.3 is 0 Å². The van der Waals surface area contributed by atoms with Crippen LogP contribution in [0.5, 0.6) is 5.75 Å². The summed E-state index contributed by atoms with van der Waals surface area (Å²) in [7, 11) is 1.64. The Morgan fingerprint density at radius 3 is 2.96 bits per heavy atom. The first-order chi connectivity index (χ1) is 11.3. The van der Waals surface area contributed by atoms with Crippen molar-refractivity contribution in [3.05, 3.63) is 29.8 Å². The van der Waals surface area contributed by atoms with Crippen LogP contribution in [0.4, 0.5) is 0 Å². The van der Waals surface area contributed by atoms with Gasteiger partial charge in [-0.2, -0.15) is 5.10 Å². The third kappa shape index (κ3) is 6.52. The molecule has 2 rings (SSSR count). The Balaban J connectivity index is 1.62. The van der Waals surface area contributed by atoms with Gasteiger partial charge in [0.1, 0.15) is 5.75 Å². The number of hydrogen-bond acceptors (Lipinski definition) is 5. The molecule has 0 radical (unpaired) electrons. The highest BCUT2D eigenvalue weighted by atomic mass is 32.1. The molecular weight excluding hydrogens is 312 g/mol. The van der Waals surface area contributed by atoms with Crippen LogP contribution in [0, 0.1) is 0 Å². The van der Waals surface area contributed by atoms with Gasteiger partial charge in [-0.25, -0.2) is 0 Å². The summed E-state index contributed by atoms with van der Waals surface area (Å²) in [6.07, 6.45) is 2.73. The molecule has 1 aromatic rings. The zero-order valence-electron chi connectivity index (χ0n) is 13.5. The van der Waals surface area contributed by atoms with E-state index in [2.05, 4.69) is 20.7 Å². The van der Waals surface area contributed by atoms with Crippen molar-refractivity contribution in [1.29, 1.82) is 0 Å². The summed E-state index contributed by atoms with van der Waals surface area (Å²) in [5, 5.41) is 7.81. The van der Waals surface area contributed by atoms with E-state index in [9.17, 15) is 0 Å². The highest BCUT2D eigenvalue weighted by molar-refractivity contribution is 7.80. The maximum Gasteiger partial charge on any atom is 0.186 e. The number of morpholine rings is 1. The van der Waals surface area contributed by atoms with E-state index in [1.54, 1.807) is 13.3 Å². The molecule has 6 nitrogen and oxygen atoms in total. The third-order valence-corrected chi connectivity index (χ3v) is 3.78. The van der Waals surface area contributed by atoms with Gasteiger partial charge in [0.25, 0.3) is 0 Å². The fraction of sp³-hybridized carbons (Fsp3) is 0.500. The van der Waals surface area contributed by atoms with Crippen molar-refractivity contribution in [2.75, 3.05) is 46.5 Å². The highest BCUT2D eigenvalue weighted by Gasteiger charge is 2.08. The Labute approximate surface area is 142 Å². The lowest BCUT2D eigenvalue weighted by Crippen LogP contribution is -2.39. The van der Waals surface area contributed by atoms with Crippen molar-refractivity contribution < 1.29 is 9.47 Å². The summed E-state index contributed by atoms with van der Waals surface area (Å²) >= 11 is 5.20. The third-order valence-electron chi connectivity index (χ3n) is 3.55. The van der Waals surface area contributed by atoms with Crippen molar-refractivity contribution in [3.8, 4) is 5.75 Å². The van der Waals surface area contributed by atoms with Crippen molar-refractivity contribution in [2.45, 2.75) is 6.42 Å². The molecule has 0 saturated carbocycles. The fourth-order valence-electron chi connectivity index (χ4n) is 2.30. The van der Waals surface area contributed by atoms with Crippen LogP contribution < -0.4 is 15.5 Å². The first-order valence-corrected chi connectivity index (χ1v) is 8.20. The van der Waals surface area contributed by atoms with E-state index in [1.807, 2.05) is 24.3 Å². The minimum Gasteiger partial charge on any atom is -0.496 e. The minimum absolute atomic E-state index is 0.526. The van der Waals surface area contributed by atoms with Crippen LogP contribution in [0.25, 0.3) is 0 Å². The molecule has 0 spiro atoms. The SMILES string of the molecule is COc1ccccc1/C=N\NC(=S)NCCCN1CCOCC1. The van der Waals surface area contributed by atoms with Crippen LogP contribution >= 0.6 is 12.2 Å². The van der Waals surface area contributed by atoms with Crippen LogP contribution in [0.3, 0.4) is 0 Å². The zero-order chi connectivity index (χ0) is 16.3. The molecule has 7 heteroatoms. The molecule has 126 valence electrons. The molecule has 23 heavy (non-hydrogen) atoms. The molecule has 1 aliphatic heterocycles. The fourth-order valence-corrected chi connectivity index (χ4v) is 2.46. The predicted octanol–water partition coefficient (Wildman–Crippen LogP) is 1.22. The Bertz CT molecular complexity index is 519. The second-order valence-electron chi connectivity index (χ2n) is 5.18. The summed E-state index contributed by atoms with van der Waals surface area (Å²) in [6.45, 7) is 5.60. The lowest BCUT2D eigenvalue weighted by atomic mass is 10.2. The van der Waals surface area contributed by atoms with Gasteiger partial charge < -0.3 is 14.8 Å². The monoisotopic (exact) mass is 336 g/mol. The molecule has 0 unspecified atom stereocenters. The molecule has 0 atom stereocenters. The summed E-state index contributed by atoms with van der Waals surface area (Å²) in [6, 6.07) is 7.68. The van der Waals surface area contributed by atoms with E-state index < -0.39 is 0 Å². The van der Waals surface area contributed by atoms with Gasteiger partial charge in [0.05, 0.1) is 26.5 Å². The molecule has 0 amide bonds. The van der Waals surface area contributed by atoms with E-state index in [0.717, 1.165) is 57.1 Å². The Hall–Kier alpha value is -1.70. The number of rotatable bonds is 7. The average molecular weight is 336 g/mol.